The van der Waals surface area contributed by atoms with Crippen LogP contribution in [0.25, 0.3) is 0 Å². The maximum Gasteiger partial charge on any atom is 0.253 e. The van der Waals surface area contributed by atoms with E-state index in [1.807, 2.05) is 25.1 Å². The van der Waals surface area contributed by atoms with Crippen molar-refractivity contribution in [1.29, 1.82) is 0 Å². The van der Waals surface area contributed by atoms with E-state index in [-0.39, 0.29) is 19.1 Å². The molecule has 1 aromatic rings. The molecule has 0 saturated heterocycles. The smallest absolute Gasteiger partial charge is 0.253 e. The second kappa shape index (κ2) is 8.97. The fourth-order valence-corrected chi connectivity index (χ4v) is 1.76. The third-order valence-corrected chi connectivity index (χ3v) is 2.76. The molecule has 0 aromatic heterocycles. The lowest BCUT2D eigenvalue weighted by molar-refractivity contribution is -0.122. The number of ether oxygens (including phenoxy) is 1. The van der Waals surface area contributed by atoms with E-state index < -0.39 is 5.91 Å². The molecule has 0 fully saturated rings. The van der Waals surface area contributed by atoms with Crippen molar-refractivity contribution in [1.82, 2.24) is 5.32 Å². The third kappa shape index (κ3) is 6.27. The lowest BCUT2D eigenvalue weighted by Gasteiger charge is -2.12. The monoisotopic (exact) mass is 293 g/mol. The van der Waals surface area contributed by atoms with Crippen LogP contribution >= 0.6 is 0 Å². The molecule has 116 valence electrons. The average Bonchev–Trinajstić information content (AvgIpc) is 2.45. The SMILES string of the molecule is CCCNc1ccc(C)cc1C(=O)NCCOCC(N)=O. The van der Waals surface area contributed by atoms with Crippen molar-refractivity contribution in [2.45, 2.75) is 20.3 Å². The zero-order chi connectivity index (χ0) is 15.7. The Morgan fingerprint density at radius 2 is 2.05 bits per heavy atom. The van der Waals surface area contributed by atoms with Crippen molar-refractivity contribution >= 4 is 17.5 Å². The van der Waals surface area contributed by atoms with Crippen LogP contribution in [0.3, 0.4) is 0 Å². The van der Waals surface area contributed by atoms with Gasteiger partial charge in [0.05, 0.1) is 12.2 Å². The maximum atomic E-state index is 12.2. The number of nitrogens with one attached hydrogen (secondary N) is 2. The van der Waals surface area contributed by atoms with Crippen LogP contribution in [0.1, 0.15) is 29.3 Å². The van der Waals surface area contributed by atoms with Gasteiger partial charge in [-0.3, -0.25) is 9.59 Å². The summed E-state index contributed by atoms with van der Waals surface area (Å²) in [6.45, 7) is 5.26. The van der Waals surface area contributed by atoms with Gasteiger partial charge in [0.25, 0.3) is 5.91 Å². The maximum absolute atomic E-state index is 12.2. The molecule has 0 saturated carbocycles. The second-order valence-electron chi connectivity index (χ2n) is 4.75. The minimum absolute atomic E-state index is 0.135. The first-order valence-electron chi connectivity index (χ1n) is 7.03. The molecular formula is C15H23N3O3. The van der Waals surface area contributed by atoms with E-state index in [1.54, 1.807) is 0 Å². The predicted octanol–water partition coefficient (Wildman–Crippen LogP) is 1.05. The van der Waals surface area contributed by atoms with Crippen molar-refractivity contribution in [3.63, 3.8) is 0 Å². The molecule has 2 amide bonds. The van der Waals surface area contributed by atoms with Crippen LogP contribution in [0, 0.1) is 6.92 Å². The van der Waals surface area contributed by atoms with E-state index >= 15 is 0 Å². The number of anilines is 1. The number of nitrogens with two attached hydrogens (primary N) is 1. The lowest BCUT2D eigenvalue weighted by Crippen LogP contribution is -2.29. The number of aryl methyl sites for hydroxylation is 1. The first kappa shape index (κ1) is 17.0. The second-order valence-corrected chi connectivity index (χ2v) is 4.75. The molecule has 0 aliphatic rings. The largest absolute Gasteiger partial charge is 0.384 e. The average molecular weight is 293 g/mol. The van der Waals surface area contributed by atoms with Gasteiger partial charge < -0.3 is 21.1 Å². The van der Waals surface area contributed by atoms with E-state index in [0.717, 1.165) is 24.2 Å². The molecule has 0 spiro atoms. The highest BCUT2D eigenvalue weighted by molar-refractivity contribution is 5.99. The van der Waals surface area contributed by atoms with Gasteiger partial charge in [-0.25, -0.2) is 0 Å². The zero-order valence-electron chi connectivity index (χ0n) is 12.6. The molecule has 1 rings (SSSR count). The molecule has 6 nitrogen and oxygen atoms in total. The highest BCUT2D eigenvalue weighted by Crippen LogP contribution is 2.17. The number of primary amides is 1. The summed E-state index contributed by atoms with van der Waals surface area (Å²) < 4.78 is 5.00. The lowest BCUT2D eigenvalue weighted by atomic mass is 10.1. The predicted molar refractivity (Wildman–Crippen MR) is 82.3 cm³/mol. The van der Waals surface area contributed by atoms with Crippen LogP contribution in [0.2, 0.25) is 0 Å². The van der Waals surface area contributed by atoms with Crippen molar-refractivity contribution < 1.29 is 14.3 Å². The minimum Gasteiger partial charge on any atom is -0.384 e. The van der Waals surface area contributed by atoms with Crippen molar-refractivity contribution in [3.05, 3.63) is 29.3 Å². The minimum atomic E-state index is -0.522. The Kier molecular flexibility index (Phi) is 7.25. The van der Waals surface area contributed by atoms with Gasteiger partial charge in [-0.05, 0) is 25.5 Å². The van der Waals surface area contributed by atoms with Crippen LogP contribution in [-0.4, -0.2) is 38.1 Å². The summed E-state index contributed by atoms with van der Waals surface area (Å²) >= 11 is 0. The van der Waals surface area contributed by atoms with E-state index in [2.05, 4.69) is 17.6 Å². The van der Waals surface area contributed by atoms with Crippen molar-refractivity contribution in [2.75, 3.05) is 31.6 Å². The molecule has 0 heterocycles. The van der Waals surface area contributed by atoms with E-state index in [1.165, 1.54) is 0 Å². The number of carbonyl (C=O) groups excluding carboxylic acids is 2. The van der Waals surface area contributed by atoms with Crippen LogP contribution in [0.5, 0.6) is 0 Å². The van der Waals surface area contributed by atoms with Crippen LogP contribution < -0.4 is 16.4 Å². The van der Waals surface area contributed by atoms with Gasteiger partial charge in [0, 0.05) is 18.8 Å². The highest BCUT2D eigenvalue weighted by atomic mass is 16.5. The Labute approximate surface area is 125 Å². The summed E-state index contributed by atoms with van der Waals surface area (Å²) in [6, 6.07) is 5.71. The summed E-state index contributed by atoms with van der Waals surface area (Å²) in [5.41, 5.74) is 7.40. The molecule has 0 atom stereocenters. The molecule has 0 aliphatic carbocycles. The molecule has 21 heavy (non-hydrogen) atoms. The molecule has 0 bridgehead atoms. The Bertz CT molecular complexity index is 489. The van der Waals surface area contributed by atoms with Crippen LogP contribution in [0.15, 0.2) is 18.2 Å². The number of hydrogen-bond acceptors (Lipinski definition) is 4. The summed E-state index contributed by atoms with van der Waals surface area (Å²) in [7, 11) is 0. The Morgan fingerprint density at radius 1 is 1.29 bits per heavy atom. The standard InChI is InChI=1S/C15H23N3O3/c1-3-6-17-13-5-4-11(2)9-12(13)15(20)18-7-8-21-10-14(16)19/h4-5,9,17H,3,6-8,10H2,1-2H3,(H2,16,19)(H,18,20). The zero-order valence-corrected chi connectivity index (χ0v) is 12.6. The van der Waals surface area contributed by atoms with Gasteiger partial charge in [-0.1, -0.05) is 18.6 Å². The van der Waals surface area contributed by atoms with E-state index in [0.29, 0.717) is 12.1 Å². The Hall–Kier alpha value is -2.08. The van der Waals surface area contributed by atoms with Gasteiger partial charge in [-0.2, -0.15) is 0 Å². The quantitative estimate of drug-likeness (QED) is 0.593. The van der Waals surface area contributed by atoms with E-state index in [9.17, 15) is 9.59 Å². The van der Waals surface area contributed by atoms with Crippen molar-refractivity contribution in [3.8, 4) is 0 Å². The molecule has 6 heteroatoms. The first-order valence-corrected chi connectivity index (χ1v) is 7.03. The van der Waals surface area contributed by atoms with Gasteiger partial charge in [0.2, 0.25) is 5.91 Å². The molecule has 0 radical (unpaired) electrons. The number of benzene rings is 1. The number of carbonyl (C=O) groups is 2. The molecule has 0 aliphatic heterocycles. The van der Waals surface area contributed by atoms with Crippen molar-refractivity contribution in [2.24, 2.45) is 5.73 Å². The highest BCUT2D eigenvalue weighted by Gasteiger charge is 2.11. The molecule has 0 unspecified atom stereocenters. The third-order valence-electron chi connectivity index (χ3n) is 2.76. The number of rotatable bonds is 9. The summed E-state index contributed by atoms with van der Waals surface area (Å²) in [5.74, 6) is -0.689. The fraction of sp³-hybridized carbons (Fsp3) is 0.467. The van der Waals surface area contributed by atoms with Gasteiger partial charge >= 0.3 is 0 Å². The van der Waals surface area contributed by atoms with Crippen LogP contribution in [-0.2, 0) is 9.53 Å². The molecular weight excluding hydrogens is 270 g/mol. The fourth-order valence-electron chi connectivity index (χ4n) is 1.76. The Balaban J connectivity index is 2.55. The summed E-state index contributed by atoms with van der Waals surface area (Å²) in [4.78, 5) is 22.7. The Morgan fingerprint density at radius 3 is 2.71 bits per heavy atom. The summed E-state index contributed by atoms with van der Waals surface area (Å²) in [5, 5.41) is 5.99. The first-order chi connectivity index (χ1) is 10.0. The van der Waals surface area contributed by atoms with Crippen LogP contribution in [0.4, 0.5) is 5.69 Å². The van der Waals surface area contributed by atoms with Gasteiger partial charge in [-0.15, -0.1) is 0 Å². The number of amides is 2. The van der Waals surface area contributed by atoms with Gasteiger partial charge in [0.15, 0.2) is 0 Å². The van der Waals surface area contributed by atoms with E-state index in [4.69, 9.17) is 10.5 Å². The normalized spacial score (nSPS) is 10.2. The number of hydrogen-bond donors (Lipinski definition) is 3. The molecule has 4 N–H and O–H groups in total. The molecule has 1 aromatic carbocycles. The van der Waals surface area contributed by atoms with Gasteiger partial charge in [0.1, 0.15) is 6.61 Å². The summed E-state index contributed by atoms with van der Waals surface area (Å²) in [6.07, 6.45) is 0.982. The topological polar surface area (TPSA) is 93.4 Å².